The highest BCUT2D eigenvalue weighted by Crippen LogP contribution is 2.28. The smallest absolute Gasteiger partial charge is 0.170 e. The molecule has 2 fully saturated rings. The van der Waals surface area contributed by atoms with Gasteiger partial charge in [-0.3, -0.25) is 0 Å². The summed E-state index contributed by atoms with van der Waals surface area (Å²) in [5.41, 5.74) is 2.89. The average molecular weight is 154 g/mol. The first-order valence-electron chi connectivity index (χ1n) is 3.62. The molecule has 2 N–H and O–H groups in total. The van der Waals surface area contributed by atoms with Gasteiger partial charge in [-0.15, -0.1) is 0 Å². The van der Waals surface area contributed by atoms with Crippen molar-refractivity contribution in [1.29, 1.82) is 0 Å². The van der Waals surface area contributed by atoms with Gasteiger partial charge in [-0.2, -0.15) is 0 Å². The number of hydrogen-bond donors (Lipinski definition) is 2. The summed E-state index contributed by atoms with van der Waals surface area (Å²) in [5.74, 6) is 0. The SMILES string of the molecule is S=C1NCC(=C2CCC2)N1. The second-order valence-electron chi connectivity index (χ2n) is 2.74. The van der Waals surface area contributed by atoms with Gasteiger partial charge in [0.1, 0.15) is 0 Å². The molecule has 0 atom stereocenters. The van der Waals surface area contributed by atoms with Crippen LogP contribution in [0.5, 0.6) is 0 Å². The molecular formula is C7H10N2S. The number of nitrogens with one attached hydrogen (secondary N) is 2. The molecule has 1 aliphatic heterocycles. The third kappa shape index (κ3) is 0.904. The van der Waals surface area contributed by atoms with Crippen molar-refractivity contribution in [3.63, 3.8) is 0 Å². The first kappa shape index (κ1) is 6.16. The van der Waals surface area contributed by atoms with Crippen molar-refractivity contribution in [2.45, 2.75) is 19.3 Å². The second-order valence-corrected chi connectivity index (χ2v) is 3.15. The molecular weight excluding hydrogens is 144 g/mol. The number of rotatable bonds is 0. The highest BCUT2D eigenvalue weighted by Gasteiger charge is 2.18. The van der Waals surface area contributed by atoms with Gasteiger partial charge in [0.15, 0.2) is 5.11 Å². The van der Waals surface area contributed by atoms with Crippen molar-refractivity contribution in [3.8, 4) is 0 Å². The summed E-state index contributed by atoms with van der Waals surface area (Å²) in [4.78, 5) is 0. The Morgan fingerprint density at radius 3 is 2.50 bits per heavy atom. The Kier molecular flexibility index (Phi) is 1.38. The highest BCUT2D eigenvalue weighted by molar-refractivity contribution is 7.80. The Balaban J connectivity index is 2.12. The molecule has 0 amide bonds. The van der Waals surface area contributed by atoms with Gasteiger partial charge >= 0.3 is 0 Å². The third-order valence-electron chi connectivity index (χ3n) is 2.07. The molecule has 1 aliphatic carbocycles. The van der Waals surface area contributed by atoms with Gasteiger partial charge in [-0.1, -0.05) is 0 Å². The lowest BCUT2D eigenvalue weighted by atomic mass is 9.91. The molecule has 0 aromatic carbocycles. The minimum Gasteiger partial charge on any atom is -0.357 e. The monoisotopic (exact) mass is 154 g/mol. The third-order valence-corrected chi connectivity index (χ3v) is 2.32. The van der Waals surface area contributed by atoms with Crippen LogP contribution in [0.4, 0.5) is 0 Å². The van der Waals surface area contributed by atoms with Gasteiger partial charge in [0.25, 0.3) is 0 Å². The van der Waals surface area contributed by atoms with Crippen LogP contribution in [0.2, 0.25) is 0 Å². The van der Waals surface area contributed by atoms with Crippen LogP contribution < -0.4 is 10.6 Å². The van der Waals surface area contributed by atoms with E-state index in [2.05, 4.69) is 10.6 Å². The van der Waals surface area contributed by atoms with Gasteiger partial charge in [0, 0.05) is 5.70 Å². The predicted octanol–water partition coefficient (Wildman–Crippen LogP) is 0.902. The van der Waals surface area contributed by atoms with Crippen LogP contribution in [-0.2, 0) is 0 Å². The van der Waals surface area contributed by atoms with E-state index >= 15 is 0 Å². The normalized spacial score (nSPS) is 23.8. The zero-order valence-corrected chi connectivity index (χ0v) is 6.55. The van der Waals surface area contributed by atoms with Gasteiger partial charge in [-0.25, -0.2) is 0 Å². The van der Waals surface area contributed by atoms with Crippen LogP contribution in [0.25, 0.3) is 0 Å². The molecule has 1 saturated heterocycles. The Morgan fingerprint density at radius 1 is 1.30 bits per heavy atom. The summed E-state index contributed by atoms with van der Waals surface area (Å²) >= 11 is 4.93. The van der Waals surface area contributed by atoms with E-state index in [1.54, 1.807) is 5.57 Å². The van der Waals surface area contributed by atoms with Gasteiger partial charge in [-0.05, 0) is 37.1 Å². The summed E-state index contributed by atoms with van der Waals surface area (Å²) in [6.45, 7) is 0.925. The molecule has 0 bridgehead atoms. The zero-order chi connectivity index (χ0) is 6.97. The summed E-state index contributed by atoms with van der Waals surface area (Å²) in [6.07, 6.45) is 3.90. The van der Waals surface area contributed by atoms with Crippen molar-refractivity contribution >= 4 is 17.3 Å². The Morgan fingerprint density at radius 2 is 2.10 bits per heavy atom. The van der Waals surface area contributed by atoms with Crippen LogP contribution in [0, 0.1) is 0 Å². The van der Waals surface area contributed by atoms with Crippen molar-refractivity contribution in [3.05, 3.63) is 11.3 Å². The standard InChI is InChI=1S/C7H10N2S/c10-7-8-4-6(9-7)5-2-1-3-5/h1-4H2,(H2,8,9,10). The summed E-state index contributed by atoms with van der Waals surface area (Å²) in [6, 6.07) is 0. The largest absolute Gasteiger partial charge is 0.357 e. The Labute approximate surface area is 65.7 Å². The fourth-order valence-corrected chi connectivity index (χ4v) is 1.46. The maximum Gasteiger partial charge on any atom is 0.170 e. The van der Waals surface area contributed by atoms with E-state index < -0.39 is 0 Å². The molecule has 54 valence electrons. The fourth-order valence-electron chi connectivity index (χ4n) is 1.26. The van der Waals surface area contributed by atoms with Gasteiger partial charge < -0.3 is 10.6 Å². The lowest BCUT2D eigenvalue weighted by Crippen LogP contribution is -2.20. The van der Waals surface area contributed by atoms with Crippen molar-refractivity contribution < 1.29 is 0 Å². The maximum absolute atomic E-state index is 4.93. The summed E-state index contributed by atoms with van der Waals surface area (Å²) in [5, 5.41) is 7.02. The van der Waals surface area contributed by atoms with E-state index in [4.69, 9.17) is 12.2 Å². The lowest BCUT2D eigenvalue weighted by molar-refractivity contribution is 0.643. The molecule has 2 rings (SSSR count). The Bertz CT molecular complexity index is 202. The molecule has 2 nitrogen and oxygen atoms in total. The molecule has 0 spiro atoms. The molecule has 0 aromatic rings. The second kappa shape index (κ2) is 2.23. The van der Waals surface area contributed by atoms with Gasteiger partial charge in [0.05, 0.1) is 6.54 Å². The maximum atomic E-state index is 4.93. The molecule has 10 heavy (non-hydrogen) atoms. The first-order chi connectivity index (χ1) is 4.86. The van der Waals surface area contributed by atoms with Crippen molar-refractivity contribution in [2.75, 3.05) is 6.54 Å². The van der Waals surface area contributed by atoms with Crippen LogP contribution in [0.1, 0.15) is 19.3 Å². The minimum absolute atomic E-state index is 0.786. The number of hydrogen-bond acceptors (Lipinski definition) is 1. The van der Waals surface area contributed by atoms with E-state index in [0.29, 0.717) is 0 Å². The van der Waals surface area contributed by atoms with Crippen LogP contribution >= 0.6 is 12.2 Å². The van der Waals surface area contributed by atoms with Crippen molar-refractivity contribution in [2.24, 2.45) is 0 Å². The van der Waals surface area contributed by atoms with E-state index in [1.807, 2.05) is 0 Å². The first-order valence-corrected chi connectivity index (χ1v) is 4.03. The highest BCUT2D eigenvalue weighted by atomic mass is 32.1. The quantitative estimate of drug-likeness (QED) is 0.507. The topological polar surface area (TPSA) is 24.1 Å². The fraction of sp³-hybridized carbons (Fsp3) is 0.571. The lowest BCUT2D eigenvalue weighted by Gasteiger charge is -2.18. The van der Waals surface area contributed by atoms with Crippen LogP contribution in [0.3, 0.4) is 0 Å². The molecule has 0 unspecified atom stereocenters. The Hall–Kier alpha value is -0.570. The van der Waals surface area contributed by atoms with Crippen LogP contribution in [0.15, 0.2) is 11.3 Å². The van der Waals surface area contributed by atoms with E-state index in [0.717, 1.165) is 11.7 Å². The van der Waals surface area contributed by atoms with Gasteiger partial charge in [0.2, 0.25) is 0 Å². The number of thiocarbonyl (C=S) groups is 1. The molecule has 2 aliphatic rings. The van der Waals surface area contributed by atoms with E-state index in [9.17, 15) is 0 Å². The molecule has 3 heteroatoms. The molecule has 1 saturated carbocycles. The van der Waals surface area contributed by atoms with E-state index in [-0.39, 0.29) is 0 Å². The van der Waals surface area contributed by atoms with E-state index in [1.165, 1.54) is 25.0 Å². The summed E-state index contributed by atoms with van der Waals surface area (Å²) in [7, 11) is 0. The molecule has 0 radical (unpaired) electrons. The average Bonchev–Trinajstić information content (AvgIpc) is 2.10. The summed E-state index contributed by atoms with van der Waals surface area (Å²) < 4.78 is 0. The molecule has 0 aromatic heterocycles. The number of allylic oxidation sites excluding steroid dienone is 1. The minimum atomic E-state index is 0.786. The molecule has 1 heterocycles. The van der Waals surface area contributed by atoms with Crippen LogP contribution in [-0.4, -0.2) is 11.7 Å². The zero-order valence-electron chi connectivity index (χ0n) is 5.74. The van der Waals surface area contributed by atoms with Crippen molar-refractivity contribution in [1.82, 2.24) is 10.6 Å². The predicted molar refractivity (Wildman–Crippen MR) is 44.6 cm³/mol.